The van der Waals surface area contributed by atoms with Crippen LogP contribution in [0.4, 0.5) is 17.6 Å². The van der Waals surface area contributed by atoms with Gasteiger partial charge in [0.2, 0.25) is 0 Å². The molecule has 0 amide bonds. The molecule has 1 saturated carbocycles. The number of carbonyl (C=O) groups is 2. The van der Waals surface area contributed by atoms with E-state index in [0.717, 1.165) is 7.11 Å². The molecular weight excluding hydrogens is 384 g/mol. The fraction of sp³-hybridized carbons (Fsp3) is 0.474. The first-order valence-electron chi connectivity index (χ1n) is 8.41. The van der Waals surface area contributed by atoms with E-state index in [4.69, 9.17) is 9.84 Å². The summed E-state index contributed by atoms with van der Waals surface area (Å²) in [5, 5.41) is 8.63. The fourth-order valence-corrected chi connectivity index (χ4v) is 3.16. The minimum absolute atomic E-state index is 0.211. The Morgan fingerprint density at radius 1 is 1.04 bits per heavy atom. The molecule has 0 aliphatic heterocycles. The molecule has 9 heteroatoms. The summed E-state index contributed by atoms with van der Waals surface area (Å²) in [5.41, 5.74) is -2.46. The van der Waals surface area contributed by atoms with E-state index < -0.39 is 70.9 Å². The van der Waals surface area contributed by atoms with Crippen molar-refractivity contribution in [2.45, 2.75) is 33.5 Å². The number of carboxylic acids is 1. The average Bonchev–Trinajstić information content (AvgIpc) is 3.17. The summed E-state index contributed by atoms with van der Waals surface area (Å²) in [6, 6.07) is 0. The van der Waals surface area contributed by atoms with Crippen LogP contribution < -0.4 is 0 Å². The molecule has 154 valence electrons. The third kappa shape index (κ3) is 4.19. The van der Waals surface area contributed by atoms with Crippen LogP contribution in [0.15, 0.2) is 12.2 Å². The van der Waals surface area contributed by atoms with E-state index in [1.54, 1.807) is 19.9 Å². The second kappa shape index (κ2) is 8.30. The first kappa shape index (κ1) is 21.9. The number of hydrogen-bond acceptors (Lipinski definition) is 4. The summed E-state index contributed by atoms with van der Waals surface area (Å²) in [6.07, 6.45) is 2.76. The Morgan fingerprint density at radius 3 is 2.00 bits per heavy atom. The van der Waals surface area contributed by atoms with Crippen LogP contribution in [0.1, 0.15) is 31.4 Å². The quantitative estimate of drug-likeness (QED) is 0.309. The molecule has 1 aromatic carbocycles. The van der Waals surface area contributed by atoms with E-state index >= 15 is 0 Å². The maximum absolute atomic E-state index is 14.1. The minimum Gasteiger partial charge on any atom is -0.481 e. The predicted molar refractivity (Wildman–Crippen MR) is 88.9 cm³/mol. The molecular formula is C19H20F4O5. The lowest BCUT2D eigenvalue weighted by molar-refractivity contribution is -0.147. The predicted octanol–water partition coefficient (Wildman–Crippen LogP) is 3.74. The van der Waals surface area contributed by atoms with Crippen molar-refractivity contribution in [3.8, 4) is 0 Å². The first-order chi connectivity index (χ1) is 13.0. The van der Waals surface area contributed by atoms with Crippen LogP contribution in [0.3, 0.4) is 0 Å². The minimum atomic E-state index is -1.65. The summed E-state index contributed by atoms with van der Waals surface area (Å²) in [6.45, 7) is 1.85. The van der Waals surface area contributed by atoms with Crippen LogP contribution in [0.2, 0.25) is 0 Å². The normalized spacial score (nSPS) is 20.4. The number of allylic oxidation sites excluding steroid dienone is 1. The highest BCUT2D eigenvalue weighted by molar-refractivity contribution is 5.78. The van der Waals surface area contributed by atoms with Crippen molar-refractivity contribution in [1.29, 1.82) is 0 Å². The van der Waals surface area contributed by atoms with E-state index in [1.807, 2.05) is 0 Å². The largest absolute Gasteiger partial charge is 0.481 e. The zero-order valence-corrected chi connectivity index (χ0v) is 15.5. The van der Waals surface area contributed by atoms with Crippen molar-refractivity contribution in [3.05, 3.63) is 46.5 Å². The van der Waals surface area contributed by atoms with Gasteiger partial charge >= 0.3 is 11.9 Å². The summed E-state index contributed by atoms with van der Waals surface area (Å²) in [4.78, 5) is 22.8. The van der Waals surface area contributed by atoms with Gasteiger partial charge in [-0.1, -0.05) is 26.0 Å². The molecule has 5 nitrogen and oxygen atoms in total. The smallest absolute Gasteiger partial charge is 0.310 e. The summed E-state index contributed by atoms with van der Waals surface area (Å²) >= 11 is 0. The van der Waals surface area contributed by atoms with Crippen molar-refractivity contribution < 1.29 is 41.7 Å². The molecule has 2 atom stereocenters. The molecule has 2 unspecified atom stereocenters. The number of esters is 1. The van der Waals surface area contributed by atoms with Crippen LogP contribution in [0.25, 0.3) is 0 Å². The Bertz CT molecular complexity index is 790. The number of carboxylic acid groups (broad SMARTS) is 1. The monoisotopic (exact) mass is 404 g/mol. The zero-order chi connectivity index (χ0) is 21.2. The number of benzene rings is 1. The van der Waals surface area contributed by atoms with Gasteiger partial charge < -0.3 is 14.6 Å². The topological polar surface area (TPSA) is 72.8 Å². The Labute approximate surface area is 158 Å². The Hall–Kier alpha value is -2.42. The number of methoxy groups -OCH3 is 1. The van der Waals surface area contributed by atoms with E-state index in [0.29, 0.717) is 0 Å². The zero-order valence-electron chi connectivity index (χ0n) is 15.5. The maximum atomic E-state index is 14.1. The molecule has 1 aliphatic carbocycles. The van der Waals surface area contributed by atoms with Crippen molar-refractivity contribution in [2.75, 3.05) is 7.11 Å². The second-order valence-electron chi connectivity index (χ2n) is 7.10. The van der Waals surface area contributed by atoms with Gasteiger partial charge in [0.15, 0.2) is 23.3 Å². The van der Waals surface area contributed by atoms with Crippen LogP contribution in [-0.4, -0.2) is 24.2 Å². The third-order valence-electron chi connectivity index (χ3n) is 4.89. The standard InChI is InChI=1S/C19H20F4O5/c1-19(2)11(5-4-6-12(24)25)13(19)18(26)28-8-10-16(22)14(20)9(7-27-3)15(21)17(10)23/h4-5,11,13H,6-8H2,1-3H3,(H,24,25)/b5-4+. The van der Waals surface area contributed by atoms with Gasteiger partial charge in [-0.3, -0.25) is 9.59 Å². The molecule has 0 spiro atoms. The molecule has 0 radical (unpaired) electrons. The number of hydrogen-bond donors (Lipinski definition) is 1. The molecule has 0 heterocycles. The number of rotatable bonds is 8. The van der Waals surface area contributed by atoms with Crippen LogP contribution >= 0.6 is 0 Å². The van der Waals surface area contributed by atoms with Crippen molar-refractivity contribution in [1.82, 2.24) is 0 Å². The Kier molecular flexibility index (Phi) is 6.48. The highest BCUT2D eigenvalue weighted by Crippen LogP contribution is 2.59. The molecule has 0 aromatic heterocycles. The molecule has 1 aromatic rings. The highest BCUT2D eigenvalue weighted by Gasteiger charge is 2.61. The van der Waals surface area contributed by atoms with E-state index in [-0.39, 0.29) is 12.3 Å². The van der Waals surface area contributed by atoms with Gasteiger partial charge in [0.05, 0.1) is 30.1 Å². The van der Waals surface area contributed by atoms with Crippen LogP contribution in [-0.2, 0) is 32.3 Å². The van der Waals surface area contributed by atoms with Crippen LogP contribution in [0, 0.1) is 40.5 Å². The molecule has 1 fully saturated rings. The maximum Gasteiger partial charge on any atom is 0.310 e. The molecule has 1 aliphatic rings. The number of aliphatic carboxylic acids is 1. The van der Waals surface area contributed by atoms with Gasteiger partial charge in [0.1, 0.15) is 6.61 Å². The molecule has 0 saturated heterocycles. The fourth-order valence-electron chi connectivity index (χ4n) is 3.16. The first-order valence-corrected chi connectivity index (χ1v) is 8.41. The summed E-state index contributed by atoms with van der Waals surface area (Å²) in [5.74, 6) is -9.30. The lowest BCUT2D eigenvalue weighted by Crippen LogP contribution is -2.15. The highest BCUT2D eigenvalue weighted by atomic mass is 19.2. The van der Waals surface area contributed by atoms with Crippen molar-refractivity contribution in [2.24, 2.45) is 17.3 Å². The molecule has 1 N–H and O–H groups in total. The van der Waals surface area contributed by atoms with E-state index in [1.165, 1.54) is 6.08 Å². The van der Waals surface area contributed by atoms with E-state index in [2.05, 4.69) is 4.74 Å². The van der Waals surface area contributed by atoms with Crippen LogP contribution in [0.5, 0.6) is 0 Å². The van der Waals surface area contributed by atoms with Gasteiger partial charge in [-0.15, -0.1) is 0 Å². The molecule has 28 heavy (non-hydrogen) atoms. The SMILES string of the molecule is COCc1c(F)c(F)c(COC(=O)C2C(/C=C/CC(=O)O)C2(C)C)c(F)c1F. The Balaban J connectivity index is 2.11. The number of ether oxygens (including phenoxy) is 2. The lowest BCUT2D eigenvalue weighted by Gasteiger charge is -2.12. The van der Waals surface area contributed by atoms with Gasteiger partial charge in [-0.2, -0.15) is 0 Å². The Morgan fingerprint density at radius 2 is 1.54 bits per heavy atom. The van der Waals surface area contributed by atoms with Gasteiger partial charge in [0, 0.05) is 7.11 Å². The molecule has 0 bridgehead atoms. The van der Waals surface area contributed by atoms with Gasteiger partial charge in [-0.05, 0) is 11.3 Å². The van der Waals surface area contributed by atoms with Crippen molar-refractivity contribution in [3.63, 3.8) is 0 Å². The lowest BCUT2D eigenvalue weighted by atomic mass is 10.1. The van der Waals surface area contributed by atoms with E-state index in [9.17, 15) is 27.2 Å². The summed E-state index contributed by atoms with van der Waals surface area (Å²) in [7, 11) is 1.11. The second-order valence-corrected chi connectivity index (χ2v) is 7.10. The summed E-state index contributed by atoms with van der Waals surface area (Å²) < 4.78 is 65.4. The molecule has 2 rings (SSSR count). The number of halogens is 4. The van der Waals surface area contributed by atoms with Crippen molar-refractivity contribution >= 4 is 11.9 Å². The number of carbonyl (C=O) groups excluding carboxylic acids is 1. The van der Waals surface area contributed by atoms with Gasteiger partial charge in [-0.25, -0.2) is 17.6 Å². The van der Waals surface area contributed by atoms with Gasteiger partial charge in [0.25, 0.3) is 0 Å². The third-order valence-corrected chi connectivity index (χ3v) is 4.89. The average molecular weight is 404 g/mol.